The summed E-state index contributed by atoms with van der Waals surface area (Å²) in [5, 5.41) is 21.7. The number of nitrogens with zero attached hydrogens (tertiary/aromatic N) is 4. The number of amides is 1. The SMILES string of the molecule is CN=C(NC#N)NC1CCC(CNC(=O)c2nnsc2C)(c2ccccc2)CC1. The third-order valence-corrected chi connectivity index (χ3v) is 6.15. The molecule has 0 saturated heterocycles. The number of carbonyl (C=O) groups is 1. The Kier molecular flexibility index (Phi) is 6.77. The summed E-state index contributed by atoms with van der Waals surface area (Å²) in [5.74, 6) is 0.315. The highest BCUT2D eigenvalue weighted by atomic mass is 32.1. The zero-order valence-corrected chi connectivity index (χ0v) is 17.4. The molecule has 0 spiro atoms. The molecule has 1 amide bonds. The molecule has 8 nitrogen and oxygen atoms in total. The van der Waals surface area contributed by atoms with E-state index >= 15 is 0 Å². The van der Waals surface area contributed by atoms with Crippen LogP contribution < -0.4 is 16.0 Å². The van der Waals surface area contributed by atoms with Gasteiger partial charge >= 0.3 is 0 Å². The molecule has 152 valence electrons. The number of nitrogens with one attached hydrogen (secondary N) is 3. The van der Waals surface area contributed by atoms with E-state index in [4.69, 9.17) is 5.26 Å². The average molecular weight is 412 g/mol. The number of nitriles is 1. The van der Waals surface area contributed by atoms with Gasteiger partial charge in [0.1, 0.15) is 0 Å². The molecule has 9 heteroatoms. The van der Waals surface area contributed by atoms with Crippen LogP contribution in [-0.4, -0.2) is 41.1 Å². The first-order valence-corrected chi connectivity index (χ1v) is 10.4. The number of rotatable bonds is 5. The summed E-state index contributed by atoms with van der Waals surface area (Å²) < 4.78 is 3.86. The molecule has 1 heterocycles. The van der Waals surface area contributed by atoms with Gasteiger partial charge in [-0.3, -0.25) is 15.1 Å². The van der Waals surface area contributed by atoms with Crippen molar-refractivity contribution >= 4 is 23.4 Å². The van der Waals surface area contributed by atoms with Crippen molar-refractivity contribution in [3.05, 3.63) is 46.5 Å². The third kappa shape index (κ3) is 4.90. The number of aryl methyl sites for hydroxylation is 1. The number of hydrogen-bond donors (Lipinski definition) is 3. The van der Waals surface area contributed by atoms with Crippen molar-refractivity contribution in [3.63, 3.8) is 0 Å². The topological polar surface area (TPSA) is 115 Å². The van der Waals surface area contributed by atoms with E-state index in [9.17, 15) is 4.79 Å². The van der Waals surface area contributed by atoms with Crippen LogP contribution in [0.3, 0.4) is 0 Å². The van der Waals surface area contributed by atoms with Crippen LogP contribution in [0, 0.1) is 18.4 Å². The van der Waals surface area contributed by atoms with E-state index in [1.165, 1.54) is 17.1 Å². The summed E-state index contributed by atoms with van der Waals surface area (Å²) in [5.41, 5.74) is 1.49. The van der Waals surface area contributed by atoms with Crippen molar-refractivity contribution < 1.29 is 4.79 Å². The maximum atomic E-state index is 12.6. The minimum Gasteiger partial charge on any atom is -0.353 e. The molecule has 0 aliphatic heterocycles. The highest BCUT2D eigenvalue weighted by Crippen LogP contribution is 2.39. The molecule has 3 N–H and O–H groups in total. The van der Waals surface area contributed by atoms with Crippen LogP contribution in [0.25, 0.3) is 0 Å². The van der Waals surface area contributed by atoms with Gasteiger partial charge in [0.05, 0.1) is 4.88 Å². The molecule has 0 atom stereocenters. The fourth-order valence-corrected chi connectivity index (χ4v) is 4.32. The van der Waals surface area contributed by atoms with E-state index in [0.29, 0.717) is 18.2 Å². The smallest absolute Gasteiger partial charge is 0.273 e. The lowest BCUT2D eigenvalue weighted by Crippen LogP contribution is -2.49. The minimum atomic E-state index is -0.176. The van der Waals surface area contributed by atoms with Gasteiger partial charge in [-0.05, 0) is 49.7 Å². The summed E-state index contributed by atoms with van der Waals surface area (Å²) in [4.78, 5) is 17.5. The monoisotopic (exact) mass is 411 g/mol. The molecule has 0 bridgehead atoms. The predicted octanol–water partition coefficient (Wildman–Crippen LogP) is 2.10. The lowest BCUT2D eigenvalue weighted by atomic mass is 9.68. The Balaban J connectivity index is 1.71. The molecule has 1 aromatic carbocycles. The molecule has 3 rings (SSSR count). The Morgan fingerprint density at radius 3 is 2.66 bits per heavy atom. The van der Waals surface area contributed by atoms with Crippen LogP contribution in [0.1, 0.15) is 46.6 Å². The Labute approximate surface area is 174 Å². The summed E-state index contributed by atoms with van der Waals surface area (Å²) in [6.07, 6.45) is 5.54. The van der Waals surface area contributed by atoms with E-state index in [1.54, 1.807) is 7.05 Å². The summed E-state index contributed by atoms with van der Waals surface area (Å²) >= 11 is 1.23. The molecule has 2 aromatic rings. The second-order valence-electron chi connectivity index (χ2n) is 7.23. The maximum absolute atomic E-state index is 12.6. The first kappa shape index (κ1) is 20.7. The predicted molar refractivity (Wildman–Crippen MR) is 113 cm³/mol. The van der Waals surface area contributed by atoms with Gasteiger partial charge in [-0.15, -0.1) is 5.10 Å². The number of aromatic nitrogens is 2. The van der Waals surface area contributed by atoms with Gasteiger partial charge in [-0.2, -0.15) is 5.26 Å². The van der Waals surface area contributed by atoms with Gasteiger partial charge in [0.2, 0.25) is 5.96 Å². The molecule has 1 fully saturated rings. The molecule has 1 aliphatic rings. The van der Waals surface area contributed by atoms with E-state index < -0.39 is 0 Å². The summed E-state index contributed by atoms with van der Waals surface area (Å²) in [6, 6.07) is 10.6. The van der Waals surface area contributed by atoms with Crippen LogP contribution in [0.2, 0.25) is 0 Å². The van der Waals surface area contributed by atoms with Gasteiger partial charge in [-0.25, -0.2) is 0 Å². The number of guanidine groups is 1. The van der Waals surface area contributed by atoms with Crippen LogP contribution in [0.4, 0.5) is 0 Å². The van der Waals surface area contributed by atoms with Crippen LogP contribution >= 0.6 is 11.5 Å². The molecule has 0 unspecified atom stereocenters. The molecule has 0 radical (unpaired) electrons. The van der Waals surface area contributed by atoms with E-state index in [0.717, 1.165) is 30.6 Å². The summed E-state index contributed by atoms with van der Waals surface area (Å²) in [7, 11) is 1.65. The number of benzene rings is 1. The van der Waals surface area contributed by atoms with E-state index in [2.05, 4.69) is 42.7 Å². The van der Waals surface area contributed by atoms with Crippen molar-refractivity contribution in [2.75, 3.05) is 13.6 Å². The van der Waals surface area contributed by atoms with Crippen LogP contribution in [0.5, 0.6) is 0 Å². The fourth-order valence-electron chi connectivity index (χ4n) is 3.85. The molecular formula is C20H25N7OS. The zero-order valence-electron chi connectivity index (χ0n) is 16.6. The van der Waals surface area contributed by atoms with Crippen molar-refractivity contribution in [2.24, 2.45) is 4.99 Å². The first-order valence-electron chi connectivity index (χ1n) is 9.59. The largest absolute Gasteiger partial charge is 0.353 e. The average Bonchev–Trinajstić information content (AvgIpc) is 3.19. The maximum Gasteiger partial charge on any atom is 0.273 e. The van der Waals surface area contributed by atoms with Crippen molar-refractivity contribution in [1.82, 2.24) is 25.5 Å². The lowest BCUT2D eigenvalue weighted by molar-refractivity contribution is 0.0929. The lowest BCUT2D eigenvalue weighted by Gasteiger charge is -2.41. The Morgan fingerprint density at radius 2 is 2.07 bits per heavy atom. The molecule has 1 saturated carbocycles. The standard InChI is InChI=1S/C20H25N7OS/c1-14-17(26-27-29-14)18(28)23-12-20(15-6-4-3-5-7-15)10-8-16(9-11-20)25-19(22-2)24-13-21/h3-7,16H,8-12H2,1-2H3,(H,23,28)(H2,22,24,25). The molecule has 1 aliphatic carbocycles. The van der Waals surface area contributed by atoms with Gasteiger partial charge in [0, 0.05) is 25.0 Å². The van der Waals surface area contributed by atoms with Gasteiger partial charge in [-0.1, -0.05) is 34.8 Å². The molecule has 1 aromatic heterocycles. The quantitative estimate of drug-likeness (QED) is 0.300. The highest BCUT2D eigenvalue weighted by Gasteiger charge is 2.37. The number of aliphatic imine (C=N–C) groups is 1. The van der Waals surface area contributed by atoms with Crippen molar-refractivity contribution in [3.8, 4) is 6.19 Å². The normalized spacial score (nSPS) is 21.8. The number of hydrogen-bond acceptors (Lipinski definition) is 6. The van der Waals surface area contributed by atoms with Crippen LogP contribution in [-0.2, 0) is 5.41 Å². The highest BCUT2D eigenvalue weighted by molar-refractivity contribution is 7.05. The van der Waals surface area contributed by atoms with E-state index in [1.807, 2.05) is 31.3 Å². The third-order valence-electron chi connectivity index (χ3n) is 5.52. The summed E-state index contributed by atoms with van der Waals surface area (Å²) in [6.45, 7) is 2.40. The Hall–Kier alpha value is -2.99. The van der Waals surface area contributed by atoms with Crippen molar-refractivity contribution in [2.45, 2.75) is 44.1 Å². The van der Waals surface area contributed by atoms with Crippen molar-refractivity contribution in [1.29, 1.82) is 5.26 Å². The van der Waals surface area contributed by atoms with Gasteiger partial charge < -0.3 is 10.6 Å². The molecular weight excluding hydrogens is 386 g/mol. The van der Waals surface area contributed by atoms with Gasteiger partial charge in [0.25, 0.3) is 5.91 Å². The minimum absolute atomic E-state index is 0.140. The Bertz CT molecular complexity index is 895. The fraction of sp³-hybridized carbons (Fsp3) is 0.450. The zero-order chi connectivity index (χ0) is 20.7. The van der Waals surface area contributed by atoms with Gasteiger partial charge in [0.15, 0.2) is 11.9 Å². The number of carbonyl (C=O) groups excluding carboxylic acids is 1. The Morgan fingerprint density at radius 1 is 1.34 bits per heavy atom. The second kappa shape index (κ2) is 9.47. The van der Waals surface area contributed by atoms with E-state index in [-0.39, 0.29) is 17.4 Å². The molecule has 29 heavy (non-hydrogen) atoms. The van der Waals surface area contributed by atoms with Crippen LogP contribution in [0.15, 0.2) is 35.3 Å². The first-order chi connectivity index (χ1) is 14.1. The second-order valence-corrected chi connectivity index (χ2v) is 8.19.